The summed E-state index contributed by atoms with van der Waals surface area (Å²) in [5, 5.41) is 7.61. The van der Waals surface area contributed by atoms with Gasteiger partial charge in [-0.1, -0.05) is 19.1 Å². The summed E-state index contributed by atoms with van der Waals surface area (Å²) < 4.78 is 0. The molecule has 0 radical (unpaired) electrons. The molecule has 2 aromatic rings. The maximum Gasteiger partial charge on any atom is 0.248 e. The Bertz CT molecular complexity index is 691. The smallest absolute Gasteiger partial charge is 0.248 e. The van der Waals surface area contributed by atoms with Gasteiger partial charge in [0, 0.05) is 28.7 Å². The van der Waals surface area contributed by atoms with E-state index in [2.05, 4.69) is 10.6 Å². The first-order valence-corrected chi connectivity index (χ1v) is 7.90. The van der Waals surface area contributed by atoms with Gasteiger partial charge in [0.1, 0.15) is 0 Å². The number of carbonyl (C=O) groups excluding carboxylic acids is 2. The molecular weight excluding hydrogens is 296 g/mol. The third-order valence-corrected chi connectivity index (χ3v) is 3.97. The predicted molar refractivity (Wildman–Crippen MR) is 92.1 cm³/mol. The third kappa shape index (κ3) is 4.30. The summed E-state index contributed by atoms with van der Waals surface area (Å²) in [4.78, 5) is 24.5. The molecule has 0 aliphatic carbocycles. The van der Waals surface area contributed by atoms with Crippen molar-refractivity contribution in [1.29, 1.82) is 0 Å². The highest BCUT2D eigenvalue weighted by Crippen LogP contribution is 2.23. The summed E-state index contributed by atoms with van der Waals surface area (Å²) >= 11 is 1.57. The van der Waals surface area contributed by atoms with Crippen LogP contribution in [-0.4, -0.2) is 11.8 Å². The van der Waals surface area contributed by atoms with Gasteiger partial charge in [-0.25, -0.2) is 0 Å². The first kappa shape index (κ1) is 16.0. The fourth-order valence-corrected chi connectivity index (χ4v) is 2.48. The van der Waals surface area contributed by atoms with Gasteiger partial charge in [-0.05, 0) is 42.1 Å². The van der Waals surface area contributed by atoms with Gasteiger partial charge < -0.3 is 10.6 Å². The second-order valence-corrected chi connectivity index (χ2v) is 5.70. The van der Waals surface area contributed by atoms with Crippen LogP contribution in [-0.2, 0) is 9.59 Å². The second kappa shape index (κ2) is 7.56. The molecule has 114 valence electrons. The number of thiophene rings is 1. The maximum absolute atomic E-state index is 12.0. The van der Waals surface area contributed by atoms with Gasteiger partial charge in [-0.2, -0.15) is 0 Å². The van der Waals surface area contributed by atoms with E-state index in [4.69, 9.17) is 0 Å². The van der Waals surface area contributed by atoms with E-state index >= 15 is 0 Å². The lowest BCUT2D eigenvalue weighted by molar-refractivity contribution is -0.116. The molecule has 2 amide bonds. The quantitative estimate of drug-likeness (QED) is 0.818. The lowest BCUT2D eigenvalue weighted by Gasteiger charge is -2.12. The van der Waals surface area contributed by atoms with E-state index in [1.165, 1.54) is 6.08 Å². The Hall–Kier alpha value is -2.40. The molecule has 0 spiro atoms. The number of hydrogen-bond donors (Lipinski definition) is 2. The molecule has 1 aromatic carbocycles. The Kier molecular flexibility index (Phi) is 5.49. The number of anilines is 2. The Balaban J connectivity index is 2.07. The summed E-state index contributed by atoms with van der Waals surface area (Å²) in [5.41, 5.74) is 2.24. The van der Waals surface area contributed by atoms with E-state index in [1.807, 2.05) is 36.6 Å². The van der Waals surface area contributed by atoms with Gasteiger partial charge in [-0.3, -0.25) is 9.59 Å². The van der Waals surface area contributed by atoms with Gasteiger partial charge in [-0.15, -0.1) is 11.3 Å². The van der Waals surface area contributed by atoms with Crippen LogP contribution in [0.3, 0.4) is 0 Å². The van der Waals surface area contributed by atoms with Crippen molar-refractivity contribution in [3.8, 4) is 0 Å². The van der Waals surface area contributed by atoms with Crippen LogP contribution in [0.15, 0.2) is 41.8 Å². The van der Waals surface area contributed by atoms with Crippen molar-refractivity contribution < 1.29 is 9.59 Å². The normalized spacial score (nSPS) is 10.6. The Morgan fingerprint density at radius 1 is 1.14 bits per heavy atom. The fraction of sp³-hybridized carbons (Fsp3) is 0.176. The van der Waals surface area contributed by atoms with Crippen LogP contribution in [0.2, 0.25) is 0 Å². The minimum atomic E-state index is -0.199. The van der Waals surface area contributed by atoms with E-state index in [0.29, 0.717) is 17.8 Å². The highest BCUT2D eigenvalue weighted by molar-refractivity contribution is 7.10. The van der Waals surface area contributed by atoms with Crippen LogP contribution in [0.1, 0.15) is 23.8 Å². The highest BCUT2D eigenvalue weighted by Gasteiger charge is 2.07. The van der Waals surface area contributed by atoms with Crippen LogP contribution in [0, 0.1) is 6.92 Å². The minimum absolute atomic E-state index is 0.0517. The van der Waals surface area contributed by atoms with E-state index in [-0.39, 0.29) is 11.8 Å². The van der Waals surface area contributed by atoms with Crippen LogP contribution in [0.5, 0.6) is 0 Å². The molecule has 0 fully saturated rings. The van der Waals surface area contributed by atoms with E-state index in [0.717, 1.165) is 10.4 Å². The Morgan fingerprint density at radius 3 is 2.50 bits per heavy atom. The fourth-order valence-electron chi connectivity index (χ4n) is 1.86. The van der Waals surface area contributed by atoms with Gasteiger partial charge in [0.25, 0.3) is 0 Å². The SMILES string of the molecule is CCC(=O)Nc1cccc(NC(=O)/C=C/c2cccs2)c1C. The summed E-state index contributed by atoms with van der Waals surface area (Å²) in [7, 11) is 0. The van der Waals surface area contributed by atoms with E-state index in [1.54, 1.807) is 30.4 Å². The zero-order valence-corrected chi connectivity index (χ0v) is 13.4. The van der Waals surface area contributed by atoms with E-state index < -0.39 is 0 Å². The van der Waals surface area contributed by atoms with Crippen molar-refractivity contribution >= 4 is 40.6 Å². The molecule has 2 rings (SSSR count). The zero-order valence-electron chi connectivity index (χ0n) is 12.6. The molecule has 1 aromatic heterocycles. The zero-order chi connectivity index (χ0) is 15.9. The molecular formula is C17H18N2O2S. The van der Waals surface area contributed by atoms with Crippen molar-refractivity contribution in [1.82, 2.24) is 0 Å². The van der Waals surface area contributed by atoms with Crippen molar-refractivity contribution in [2.45, 2.75) is 20.3 Å². The largest absolute Gasteiger partial charge is 0.326 e. The summed E-state index contributed by atoms with van der Waals surface area (Å²) in [5.74, 6) is -0.250. The Morgan fingerprint density at radius 2 is 1.86 bits per heavy atom. The van der Waals surface area contributed by atoms with Crippen molar-refractivity contribution in [3.63, 3.8) is 0 Å². The molecule has 0 saturated heterocycles. The molecule has 2 N–H and O–H groups in total. The molecule has 4 nitrogen and oxygen atoms in total. The molecule has 0 atom stereocenters. The highest BCUT2D eigenvalue weighted by atomic mass is 32.1. The lowest BCUT2D eigenvalue weighted by atomic mass is 10.1. The molecule has 0 aliphatic rings. The van der Waals surface area contributed by atoms with Gasteiger partial charge in [0.05, 0.1) is 0 Å². The van der Waals surface area contributed by atoms with Gasteiger partial charge >= 0.3 is 0 Å². The first-order valence-electron chi connectivity index (χ1n) is 7.02. The number of rotatable bonds is 5. The standard InChI is InChI=1S/C17H18N2O2S/c1-3-16(20)18-14-7-4-8-15(12(14)2)19-17(21)10-9-13-6-5-11-22-13/h4-11H,3H2,1-2H3,(H,18,20)(H,19,21)/b10-9+. The van der Waals surface area contributed by atoms with Crippen molar-refractivity contribution in [2.24, 2.45) is 0 Å². The number of amides is 2. The summed E-state index contributed by atoms with van der Waals surface area (Å²) in [6.07, 6.45) is 3.69. The molecule has 0 bridgehead atoms. The van der Waals surface area contributed by atoms with Crippen molar-refractivity contribution in [3.05, 3.63) is 52.2 Å². The first-order chi connectivity index (χ1) is 10.6. The lowest BCUT2D eigenvalue weighted by Crippen LogP contribution is -2.13. The van der Waals surface area contributed by atoms with Gasteiger partial charge in [0.2, 0.25) is 11.8 Å². The van der Waals surface area contributed by atoms with E-state index in [9.17, 15) is 9.59 Å². The molecule has 1 heterocycles. The molecule has 0 aliphatic heterocycles. The monoisotopic (exact) mass is 314 g/mol. The average molecular weight is 314 g/mol. The molecule has 0 unspecified atom stereocenters. The number of hydrogen-bond acceptors (Lipinski definition) is 3. The number of carbonyl (C=O) groups is 2. The number of nitrogens with one attached hydrogen (secondary N) is 2. The number of benzene rings is 1. The van der Waals surface area contributed by atoms with Crippen molar-refractivity contribution in [2.75, 3.05) is 10.6 Å². The van der Waals surface area contributed by atoms with Gasteiger partial charge in [0.15, 0.2) is 0 Å². The molecule has 5 heteroatoms. The minimum Gasteiger partial charge on any atom is -0.326 e. The van der Waals surface area contributed by atoms with Crippen LogP contribution >= 0.6 is 11.3 Å². The summed E-state index contributed by atoms with van der Waals surface area (Å²) in [6, 6.07) is 9.32. The molecule has 22 heavy (non-hydrogen) atoms. The Labute approximate surface area is 133 Å². The average Bonchev–Trinajstić information content (AvgIpc) is 3.02. The second-order valence-electron chi connectivity index (χ2n) is 4.72. The van der Waals surface area contributed by atoms with Crippen LogP contribution in [0.4, 0.5) is 11.4 Å². The topological polar surface area (TPSA) is 58.2 Å². The summed E-state index contributed by atoms with van der Waals surface area (Å²) in [6.45, 7) is 3.66. The van der Waals surface area contributed by atoms with Crippen LogP contribution < -0.4 is 10.6 Å². The predicted octanol–water partition coefficient (Wildman–Crippen LogP) is 4.06. The molecule has 0 saturated carbocycles. The maximum atomic E-state index is 12.0. The third-order valence-electron chi connectivity index (χ3n) is 3.13. The van der Waals surface area contributed by atoms with Crippen LogP contribution in [0.25, 0.3) is 6.08 Å².